The Bertz CT molecular complexity index is 603. The molecule has 9 nitrogen and oxygen atoms in total. The summed E-state index contributed by atoms with van der Waals surface area (Å²) in [4.78, 5) is 7.85. The van der Waals surface area contributed by atoms with Gasteiger partial charge in [0, 0.05) is 0 Å². The molecule has 0 amide bonds. The molecule has 1 aliphatic rings. The second-order valence-electron chi connectivity index (χ2n) is 4.32. The summed E-state index contributed by atoms with van der Waals surface area (Å²) in [6, 6.07) is 0. The van der Waals surface area contributed by atoms with Gasteiger partial charge in [0.1, 0.15) is 30.7 Å². The van der Waals surface area contributed by atoms with Crippen LogP contribution in [0, 0.1) is 0 Å². The van der Waals surface area contributed by atoms with E-state index in [0.29, 0.717) is 11.3 Å². The molecule has 1 saturated heterocycles. The van der Waals surface area contributed by atoms with Gasteiger partial charge in [0.15, 0.2) is 11.5 Å². The lowest BCUT2D eigenvalue weighted by Crippen LogP contribution is -2.32. The van der Waals surface area contributed by atoms with E-state index in [1.807, 2.05) is 0 Å². The lowest BCUT2D eigenvalue weighted by atomic mass is 10.1. The van der Waals surface area contributed by atoms with Gasteiger partial charge in [-0.1, -0.05) is 0 Å². The topological polar surface area (TPSA) is 139 Å². The van der Waals surface area contributed by atoms with Gasteiger partial charge in [-0.25, -0.2) is 14.5 Å². The molecule has 1 fully saturated rings. The standard InChI is InChI=1S/C10H13N5O4/c11-9-10-12-1-4(15(10)14-3-13-9)8-7(18)6(17)5(2-16)19-8/h1,3,5-8,16-18H,2H2,(H2,11,13,14)/t5-,6?,7?,8+/m1/s1. The van der Waals surface area contributed by atoms with Gasteiger partial charge in [-0.3, -0.25) is 0 Å². The normalized spacial score (nSPS) is 31.1. The second-order valence-corrected chi connectivity index (χ2v) is 4.32. The van der Waals surface area contributed by atoms with Crippen LogP contribution >= 0.6 is 0 Å². The molecule has 102 valence electrons. The number of hydrogen-bond donors (Lipinski definition) is 4. The van der Waals surface area contributed by atoms with Gasteiger partial charge in [0.25, 0.3) is 0 Å². The predicted molar refractivity (Wildman–Crippen MR) is 61.9 cm³/mol. The van der Waals surface area contributed by atoms with E-state index in [0.717, 1.165) is 0 Å². The summed E-state index contributed by atoms with van der Waals surface area (Å²) >= 11 is 0. The smallest absolute Gasteiger partial charge is 0.196 e. The second kappa shape index (κ2) is 4.38. The Kier molecular flexibility index (Phi) is 2.82. The summed E-state index contributed by atoms with van der Waals surface area (Å²) in [6.45, 7) is -0.386. The van der Waals surface area contributed by atoms with E-state index in [1.165, 1.54) is 17.0 Å². The number of ether oxygens (including phenoxy) is 1. The summed E-state index contributed by atoms with van der Waals surface area (Å²) in [5, 5.41) is 32.7. The zero-order chi connectivity index (χ0) is 13.6. The van der Waals surface area contributed by atoms with Crippen molar-refractivity contribution in [3.05, 3.63) is 18.2 Å². The average Bonchev–Trinajstić information content (AvgIpc) is 2.94. The van der Waals surface area contributed by atoms with Crippen LogP contribution < -0.4 is 5.73 Å². The maximum Gasteiger partial charge on any atom is 0.196 e. The minimum atomic E-state index is -1.17. The fraction of sp³-hybridized carbons (Fsp3) is 0.500. The van der Waals surface area contributed by atoms with Crippen molar-refractivity contribution >= 4 is 11.5 Å². The number of aromatic nitrogens is 4. The minimum absolute atomic E-state index is 0.202. The van der Waals surface area contributed by atoms with Crippen LogP contribution in [0.4, 0.5) is 5.82 Å². The first-order chi connectivity index (χ1) is 9.13. The Morgan fingerprint density at radius 1 is 1.32 bits per heavy atom. The van der Waals surface area contributed by atoms with Gasteiger partial charge in [0.2, 0.25) is 0 Å². The predicted octanol–water partition coefficient (Wildman–Crippen LogP) is -2.14. The molecule has 0 aromatic carbocycles. The van der Waals surface area contributed by atoms with Crippen LogP contribution in [0.15, 0.2) is 12.5 Å². The maximum atomic E-state index is 9.96. The Balaban J connectivity index is 2.04. The van der Waals surface area contributed by atoms with E-state index in [4.69, 9.17) is 15.6 Å². The zero-order valence-electron chi connectivity index (χ0n) is 9.79. The fourth-order valence-electron chi connectivity index (χ4n) is 2.19. The van der Waals surface area contributed by atoms with Gasteiger partial charge >= 0.3 is 0 Å². The molecular weight excluding hydrogens is 254 g/mol. The van der Waals surface area contributed by atoms with E-state index < -0.39 is 24.4 Å². The number of aliphatic hydroxyl groups is 3. The monoisotopic (exact) mass is 267 g/mol. The van der Waals surface area contributed by atoms with E-state index in [1.54, 1.807) is 0 Å². The lowest BCUT2D eigenvalue weighted by Gasteiger charge is -2.13. The number of rotatable bonds is 2. The van der Waals surface area contributed by atoms with Crippen molar-refractivity contribution in [1.29, 1.82) is 0 Å². The third kappa shape index (κ3) is 1.75. The first kappa shape index (κ1) is 12.2. The fourth-order valence-corrected chi connectivity index (χ4v) is 2.19. The van der Waals surface area contributed by atoms with E-state index >= 15 is 0 Å². The first-order valence-electron chi connectivity index (χ1n) is 5.70. The molecule has 0 saturated carbocycles. The molecule has 0 bridgehead atoms. The molecule has 4 atom stereocenters. The number of nitrogens with zero attached hydrogens (tertiary/aromatic N) is 4. The number of imidazole rings is 1. The highest BCUT2D eigenvalue weighted by molar-refractivity contribution is 5.58. The highest BCUT2D eigenvalue weighted by atomic mass is 16.6. The van der Waals surface area contributed by atoms with E-state index in [9.17, 15) is 10.2 Å². The van der Waals surface area contributed by atoms with Crippen LogP contribution in [0.2, 0.25) is 0 Å². The molecule has 2 unspecified atom stereocenters. The lowest BCUT2D eigenvalue weighted by molar-refractivity contribution is -0.0244. The minimum Gasteiger partial charge on any atom is -0.394 e. The Morgan fingerprint density at radius 2 is 2.11 bits per heavy atom. The quantitative estimate of drug-likeness (QED) is 0.483. The van der Waals surface area contributed by atoms with Gasteiger partial charge in [0.05, 0.1) is 18.5 Å². The molecule has 9 heteroatoms. The third-order valence-electron chi connectivity index (χ3n) is 3.19. The summed E-state index contributed by atoms with van der Waals surface area (Å²) in [6.07, 6.45) is -1.32. The molecule has 2 aromatic rings. The van der Waals surface area contributed by atoms with Crippen molar-refractivity contribution in [2.24, 2.45) is 0 Å². The van der Waals surface area contributed by atoms with Gasteiger partial charge in [-0.05, 0) is 0 Å². The van der Waals surface area contributed by atoms with Gasteiger partial charge in [-0.15, -0.1) is 0 Å². The molecule has 1 aliphatic heterocycles. The largest absolute Gasteiger partial charge is 0.394 e. The molecule has 3 rings (SSSR count). The van der Waals surface area contributed by atoms with Crippen molar-refractivity contribution in [3.63, 3.8) is 0 Å². The zero-order valence-corrected chi connectivity index (χ0v) is 9.79. The van der Waals surface area contributed by atoms with Crippen LogP contribution in [0.1, 0.15) is 11.8 Å². The molecule has 2 aromatic heterocycles. The molecule has 3 heterocycles. The number of nitrogens with two attached hydrogens (primary N) is 1. The first-order valence-corrected chi connectivity index (χ1v) is 5.70. The Morgan fingerprint density at radius 3 is 2.79 bits per heavy atom. The van der Waals surface area contributed by atoms with Gasteiger partial charge < -0.3 is 25.8 Å². The van der Waals surface area contributed by atoms with Crippen molar-refractivity contribution < 1.29 is 20.1 Å². The highest BCUT2D eigenvalue weighted by Gasteiger charge is 2.44. The number of aliphatic hydroxyl groups excluding tert-OH is 3. The van der Waals surface area contributed by atoms with Crippen LogP contribution in [-0.2, 0) is 4.74 Å². The van der Waals surface area contributed by atoms with Crippen molar-refractivity contribution in [3.8, 4) is 0 Å². The summed E-state index contributed by atoms with van der Waals surface area (Å²) in [5.74, 6) is 0.202. The molecule has 5 N–H and O–H groups in total. The summed E-state index contributed by atoms with van der Waals surface area (Å²) in [5.41, 5.74) is 6.44. The van der Waals surface area contributed by atoms with Crippen LogP contribution in [0.25, 0.3) is 5.65 Å². The van der Waals surface area contributed by atoms with Crippen molar-refractivity contribution in [2.75, 3.05) is 12.3 Å². The van der Waals surface area contributed by atoms with Crippen molar-refractivity contribution in [2.45, 2.75) is 24.4 Å². The van der Waals surface area contributed by atoms with E-state index in [2.05, 4.69) is 15.1 Å². The molecular formula is C10H13N5O4. The number of nitrogen functional groups attached to an aromatic ring is 1. The average molecular weight is 267 g/mol. The molecule has 0 spiro atoms. The number of hydrogen-bond acceptors (Lipinski definition) is 8. The van der Waals surface area contributed by atoms with E-state index in [-0.39, 0.29) is 12.4 Å². The van der Waals surface area contributed by atoms with Crippen LogP contribution in [0.5, 0.6) is 0 Å². The number of fused-ring (bicyclic) bond motifs is 1. The van der Waals surface area contributed by atoms with Gasteiger partial charge in [-0.2, -0.15) is 5.10 Å². The Labute approximate surface area is 107 Å². The van der Waals surface area contributed by atoms with Crippen LogP contribution in [0.3, 0.4) is 0 Å². The highest BCUT2D eigenvalue weighted by Crippen LogP contribution is 2.33. The molecule has 0 radical (unpaired) electrons. The molecule has 0 aliphatic carbocycles. The summed E-state index contributed by atoms with van der Waals surface area (Å²) in [7, 11) is 0. The van der Waals surface area contributed by atoms with Crippen molar-refractivity contribution in [1.82, 2.24) is 19.6 Å². The maximum absolute atomic E-state index is 9.96. The number of anilines is 1. The van der Waals surface area contributed by atoms with Crippen LogP contribution in [-0.4, -0.2) is 59.8 Å². The summed E-state index contributed by atoms with van der Waals surface area (Å²) < 4.78 is 6.81. The molecule has 19 heavy (non-hydrogen) atoms. The SMILES string of the molecule is Nc1ncnn2c([C@@H]3O[C@H](CO)C(O)C3O)cnc12. The Hall–Kier alpha value is -1.81. The third-order valence-corrected chi connectivity index (χ3v) is 3.19.